The van der Waals surface area contributed by atoms with E-state index in [0.29, 0.717) is 24.5 Å². The molecule has 1 unspecified atom stereocenters. The first-order chi connectivity index (χ1) is 20.2. The van der Waals surface area contributed by atoms with Gasteiger partial charge in [0.1, 0.15) is 5.75 Å². The van der Waals surface area contributed by atoms with Crippen LogP contribution in [0.1, 0.15) is 72.9 Å². The molecule has 2 fully saturated rings. The van der Waals surface area contributed by atoms with E-state index in [1.165, 1.54) is 11.1 Å². The molecule has 2 aromatic rings. The first kappa shape index (κ1) is 28.3. The number of carbonyl (C=O) groups excluding carboxylic acids is 1. The number of anilines is 1. The largest absolute Gasteiger partial charge is 0.490 e. The van der Waals surface area contributed by atoms with Crippen molar-refractivity contribution < 1.29 is 18.8 Å². The molecule has 0 saturated heterocycles. The predicted molar refractivity (Wildman–Crippen MR) is 170 cm³/mol. The maximum atomic E-state index is 13.8. The van der Waals surface area contributed by atoms with E-state index in [1.807, 2.05) is 24.3 Å². The lowest BCUT2D eigenvalue weighted by molar-refractivity contribution is 0.0453. The zero-order chi connectivity index (χ0) is 29.1. The van der Waals surface area contributed by atoms with E-state index in [-0.39, 0.29) is 28.4 Å². The molecule has 7 atom stereocenters. The Morgan fingerprint density at radius 1 is 1.10 bits per heavy atom. The van der Waals surface area contributed by atoms with Crippen molar-refractivity contribution in [2.75, 3.05) is 24.6 Å². The molecule has 224 valence electrons. The van der Waals surface area contributed by atoms with Crippen molar-refractivity contribution in [3.8, 4) is 5.75 Å². The Labute approximate surface area is 254 Å². The molecule has 4 bridgehead atoms. The van der Waals surface area contributed by atoms with Gasteiger partial charge in [-0.2, -0.15) is 0 Å². The molecule has 42 heavy (non-hydrogen) atoms. The minimum absolute atomic E-state index is 0.188. The van der Waals surface area contributed by atoms with Crippen LogP contribution < -0.4 is 14.4 Å². The van der Waals surface area contributed by atoms with Crippen LogP contribution in [0.2, 0.25) is 5.02 Å². The lowest BCUT2D eigenvalue weighted by Gasteiger charge is -2.45. The van der Waals surface area contributed by atoms with Gasteiger partial charge in [-0.3, -0.25) is 9.52 Å². The number of aliphatic hydroxyl groups is 1. The zero-order valence-electron chi connectivity index (χ0n) is 24.1. The van der Waals surface area contributed by atoms with Crippen molar-refractivity contribution in [1.29, 1.82) is 0 Å². The van der Waals surface area contributed by atoms with Gasteiger partial charge in [0.2, 0.25) is 0 Å². The molecule has 3 aliphatic carbocycles. The van der Waals surface area contributed by atoms with Crippen LogP contribution in [-0.4, -0.2) is 52.1 Å². The van der Waals surface area contributed by atoms with E-state index in [0.717, 1.165) is 80.9 Å². The summed E-state index contributed by atoms with van der Waals surface area (Å²) in [6.07, 6.45) is 12.2. The monoisotopic (exact) mass is 608 g/mol. The number of rotatable bonds is 0. The molecule has 2 heterocycles. The van der Waals surface area contributed by atoms with Crippen molar-refractivity contribution in [3.05, 3.63) is 70.3 Å². The summed E-state index contributed by atoms with van der Waals surface area (Å²) >= 11 is 6.41. The van der Waals surface area contributed by atoms with E-state index in [1.54, 1.807) is 6.07 Å². The fourth-order valence-electron chi connectivity index (χ4n) is 8.22. The first-order valence-corrected chi connectivity index (χ1v) is 17.7. The molecule has 1 amide bonds. The van der Waals surface area contributed by atoms with Crippen molar-refractivity contribution >= 4 is 38.8 Å². The lowest BCUT2D eigenvalue weighted by atomic mass is 9.68. The normalized spacial score (nSPS) is 36.9. The number of ether oxygens (including phenoxy) is 1. The number of amides is 1. The second-order valence-electron chi connectivity index (χ2n) is 13.4. The highest BCUT2D eigenvalue weighted by molar-refractivity contribution is 7.99. The van der Waals surface area contributed by atoms with Crippen LogP contribution in [0, 0.1) is 17.8 Å². The number of halogens is 1. The van der Waals surface area contributed by atoms with Crippen LogP contribution in [0.4, 0.5) is 5.69 Å². The lowest BCUT2D eigenvalue weighted by Crippen LogP contribution is -2.49. The molecule has 2 saturated carbocycles. The molecular formula is C34H41ClN2O4S. The van der Waals surface area contributed by atoms with Gasteiger partial charge in [-0.15, -0.1) is 0 Å². The number of allylic oxidation sites excluding steroid dienone is 1. The van der Waals surface area contributed by atoms with Crippen molar-refractivity contribution in [1.82, 2.24) is 4.72 Å². The Balaban J connectivity index is 1.30. The summed E-state index contributed by atoms with van der Waals surface area (Å²) in [7, 11) is -2.85. The molecular weight excluding hydrogens is 568 g/mol. The number of nitrogens with one attached hydrogen (secondary N) is 1. The smallest absolute Gasteiger partial charge is 0.262 e. The molecule has 6 nitrogen and oxygen atoms in total. The van der Waals surface area contributed by atoms with Crippen molar-refractivity contribution in [3.63, 3.8) is 0 Å². The Hall–Kier alpha value is -2.48. The van der Waals surface area contributed by atoms with Gasteiger partial charge in [0.15, 0.2) is 0 Å². The maximum Gasteiger partial charge on any atom is 0.262 e. The van der Waals surface area contributed by atoms with Gasteiger partial charge in [0.25, 0.3) is 5.91 Å². The Morgan fingerprint density at radius 2 is 1.98 bits per heavy atom. The number of hydrogen-bond acceptors (Lipinski definition) is 5. The van der Waals surface area contributed by atoms with Gasteiger partial charge >= 0.3 is 0 Å². The molecule has 0 radical (unpaired) electrons. The average molecular weight is 609 g/mol. The van der Waals surface area contributed by atoms with Crippen molar-refractivity contribution in [2.45, 2.75) is 74.6 Å². The summed E-state index contributed by atoms with van der Waals surface area (Å²) in [4.78, 5) is 16.0. The fraction of sp³-hybridized carbons (Fsp3) is 0.529. The summed E-state index contributed by atoms with van der Waals surface area (Å²) in [6, 6.07) is 11.8. The number of fused-ring (bicyclic) bond motifs is 6. The van der Waals surface area contributed by atoms with E-state index >= 15 is 0 Å². The highest BCUT2D eigenvalue weighted by atomic mass is 35.5. The van der Waals surface area contributed by atoms with Gasteiger partial charge in [-0.05, 0) is 116 Å². The molecule has 2 N–H and O–H groups in total. The second-order valence-corrected chi connectivity index (χ2v) is 16.1. The summed E-state index contributed by atoms with van der Waals surface area (Å²) in [6.45, 7) is 2.08. The molecule has 8 heteroatoms. The predicted octanol–water partition coefficient (Wildman–Crippen LogP) is 5.69. The van der Waals surface area contributed by atoms with Gasteiger partial charge in [0.05, 0.1) is 28.1 Å². The zero-order valence-corrected chi connectivity index (χ0v) is 25.7. The number of benzene rings is 2. The molecule has 1 spiro atoms. The standard InChI is InChI=1S/C34H41ClN2O4S/c1-42(40)27-6-2-4-22(16-27)7-13-31(38)28-11-8-25(28)19-37-20-34(15-3-5-23-17-26(35)10-12-29(23)34)21-41-32-14-9-24(18-30(32)37)33(39)36-42/h7,9-10,12-14,17-18,22,25,27-28,31,38H,1-6,8,11,15-16,19-21H2,(H,36,39,40)/b13-7+/t22-,25-,27+,28+,31-,34-,42?/m0/s1. The third kappa shape index (κ3) is 5.16. The van der Waals surface area contributed by atoms with Crippen LogP contribution in [0.3, 0.4) is 0 Å². The van der Waals surface area contributed by atoms with Gasteiger partial charge in [-0.25, -0.2) is 4.21 Å². The van der Waals surface area contributed by atoms with Crippen LogP contribution in [0.25, 0.3) is 0 Å². The summed E-state index contributed by atoms with van der Waals surface area (Å²) in [5, 5.41) is 11.9. The molecule has 2 aliphatic heterocycles. The molecule has 7 rings (SSSR count). The van der Waals surface area contributed by atoms with E-state index in [9.17, 15) is 14.1 Å². The van der Waals surface area contributed by atoms with Crippen LogP contribution in [0.5, 0.6) is 5.75 Å². The third-order valence-electron chi connectivity index (χ3n) is 10.7. The number of hydrogen-bond donors (Lipinski definition) is 2. The maximum absolute atomic E-state index is 13.8. The quantitative estimate of drug-likeness (QED) is 0.297. The van der Waals surface area contributed by atoms with Crippen LogP contribution in [0.15, 0.2) is 48.6 Å². The van der Waals surface area contributed by atoms with Gasteiger partial charge in [-0.1, -0.05) is 36.2 Å². The average Bonchev–Trinajstić information content (AvgIpc) is 3.10. The number of aryl methyl sites for hydroxylation is 1. The molecule has 0 aromatic heterocycles. The van der Waals surface area contributed by atoms with Gasteiger partial charge in [0, 0.05) is 34.3 Å². The minimum atomic E-state index is -2.85. The third-order valence-corrected chi connectivity index (χ3v) is 13.0. The summed E-state index contributed by atoms with van der Waals surface area (Å²) < 4.78 is 23.2. The van der Waals surface area contributed by atoms with Crippen LogP contribution in [-0.2, 0) is 21.5 Å². The highest BCUT2D eigenvalue weighted by Gasteiger charge is 2.44. The molecule has 5 aliphatic rings. The van der Waals surface area contributed by atoms with Gasteiger partial charge < -0.3 is 14.7 Å². The van der Waals surface area contributed by atoms with E-state index in [4.69, 9.17) is 16.3 Å². The highest BCUT2D eigenvalue weighted by Crippen LogP contribution is 2.47. The topological polar surface area (TPSA) is 78.9 Å². The number of carbonyl (C=O) groups is 1. The Kier molecular flexibility index (Phi) is 7.35. The fourth-order valence-corrected chi connectivity index (χ4v) is 10.1. The summed E-state index contributed by atoms with van der Waals surface area (Å²) in [5.74, 6) is 5.20. The second kappa shape index (κ2) is 10.9. The number of aliphatic hydroxyl groups excluding tert-OH is 1. The van der Waals surface area contributed by atoms with E-state index in [2.05, 4.69) is 33.7 Å². The first-order valence-electron chi connectivity index (χ1n) is 15.6. The van der Waals surface area contributed by atoms with Crippen molar-refractivity contribution in [2.24, 2.45) is 17.8 Å². The summed E-state index contributed by atoms with van der Waals surface area (Å²) in [5.41, 5.74) is 3.73. The minimum Gasteiger partial charge on any atom is -0.490 e. The Bertz CT molecular complexity index is 1520. The van der Waals surface area contributed by atoms with E-state index < -0.39 is 15.8 Å². The number of nitrogens with zero attached hydrogens (tertiary/aromatic N) is 1. The molecule has 2 aromatic carbocycles. The van der Waals surface area contributed by atoms with Crippen LogP contribution >= 0.6 is 11.6 Å². The SMILES string of the molecule is C=S1(=O)NC(=O)c2ccc3c(c2)N(C[C@@H]2CC[C@H]2[C@@H](O)/C=C/[C@@H]2CCC[C@@H]1C2)C[C@@]1(CCCc2cc(Cl)ccc21)CO3. The Morgan fingerprint density at radius 3 is 2.81 bits per heavy atom.